The minimum absolute atomic E-state index is 0.702. The zero-order valence-corrected chi connectivity index (χ0v) is 19.4. The molecular formula is C21H28O4S3. The molecule has 0 aromatic heterocycles. The van der Waals surface area contributed by atoms with Gasteiger partial charge in [0.15, 0.2) is 0 Å². The molecule has 0 aliphatic carbocycles. The van der Waals surface area contributed by atoms with Crippen LogP contribution < -0.4 is 8.92 Å². The van der Waals surface area contributed by atoms with Crippen LogP contribution >= 0.6 is 38.7 Å². The fraction of sp³-hybridized carbons (Fsp3) is 0.238. The highest BCUT2D eigenvalue weighted by Gasteiger charge is 1.92. The minimum Gasteiger partial charge on any atom is -0.497 e. The first-order valence-corrected chi connectivity index (χ1v) is 9.43. The van der Waals surface area contributed by atoms with Crippen LogP contribution in [0.2, 0.25) is 0 Å². The standard InChI is InChI=1S/C8H10O.C7H8OS.C6H10O2S2/c1-7-3-5-8(9-2)6-4-7;1-6-4-2-3-5-7(6)8-9;1-5(7-9)3-4-6(2)8-10/h3-6H,1-2H3;2-5,9H,1H3;3-4,9-10H,1-2H3/b;;5-3+,6-4+. The molecule has 0 bridgehead atoms. The Morgan fingerprint density at radius 2 is 1.29 bits per heavy atom. The largest absolute Gasteiger partial charge is 0.497 e. The third-order valence-electron chi connectivity index (χ3n) is 3.29. The number of aryl methyl sites for hydroxylation is 2. The third kappa shape index (κ3) is 12.5. The first-order valence-electron chi connectivity index (χ1n) is 8.33. The zero-order chi connectivity index (χ0) is 21.4. The van der Waals surface area contributed by atoms with Gasteiger partial charge < -0.3 is 17.3 Å². The summed E-state index contributed by atoms with van der Waals surface area (Å²) in [6.45, 7) is 7.61. The smallest absolute Gasteiger partial charge is 0.139 e. The first kappa shape index (κ1) is 26.2. The fourth-order valence-electron chi connectivity index (χ4n) is 1.63. The van der Waals surface area contributed by atoms with E-state index in [2.05, 4.69) is 54.0 Å². The van der Waals surface area contributed by atoms with Crippen LogP contribution in [-0.4, -0.2) is 7.11 Å². The van der Waals surface area contributed by atoms with E-state index in [0.29, 0.717) is 11.5 Å². The summed E-state index contributed by atoms with van der Waals surface area (Å²) in [5.41, 5.74) is 2.36. The van der Waals surface area contributed by atoms with E-state index in [1.54, 1.807) is 33.1 Å². The maximum Gasteiger partial charge on any atom is 0.139 e. The molecule has 154 valence electrons. The van der Waals surface area contributed by atoms with Gasteiger partial charge in [0.1, 0.15) is 23.0 Å². The van der Waals surface area contributed by atoms with Gasteiger partial charge in [0.25, 0.3) is 0 Å². The number of hydrogen-bond donors (Lipinski definition) is 3. The van der Waals surface area contributed by atoms with E-state index in [4.69, 9.17) is 8.92 Å². The SMILES string of the molecule is C/C(=C\C=C(/C)OS)OS.COc1ccc(C)cc1.Cc1ccccc1OS. The number of rotatable bonds is 5. The van der Waals surface area contributed by atoms with E-state index >= 15 is 0 Å². The van der Waals surface area contributed by atoms with Crippen molar-refractivity contribution in [1.29, 1.82) is 0 Å². The first-order chi connectivity index (χ1) is 13.4. The number of allylic oxidation sites excluding steroid dienone is 4. The Morgan fingerprint density at radius 1 is 0.786 bits per heavy atom. The number of para-hydroxylation sites is 1. The summed E-state index contributed by atoms with van der Waals surface area (Å²) < 4.78 is 18.9. The Bertz CT molecular complexity index is 711. The molecule has 4 nitrogen and oxygen atoms in total. The second-order valence-corrected chi connectivity index (χ2v) is 6.16. The van der Waals surface area contributed by atoms with Crippen molar-refractivity contribution in [2.45, 2.75) is 27.7 Å². The zero-order valence-electron chi connectivity index (χ0n) is 16.7. The molecule has 0 radical (unpaired) electrons. The maximum absolute atomic E-state index is 4.97. The summed E-state index contributed by atoms with van der Waals surface area (Å²) in [5, 5.41) is 0. The summed E-state index contributed by atoms with van der Waals surface area (Å²) in [7, 11) is 1.67. The summed E-state index contributed by atoms with van der Waals surface area (Å²) in [6.07, 6.45) is 3.47. The molecule has 2 rings (SSSR count). The average Bonchev–Trinajstić information content (AvgIpc) is 2.73. The fourth-order valence-corrected chi connectivity index (χ4v) is 1.96. The highest BCUT2D eigenvalue weighted by atomic mass is 32.1. The predicted molar refractivity (Wildman–Crippen MR) is 126 cm³/mol. The van der Waals surface area contributed by atoms with Gasteiger partial charge in [-0.1, -0.05) is 35.9 Å². The van der Waals surface area contributed by atoms with Gasteiger partial charge in [0, 0.05) is 38.7 Å². The van der Waals surface area contributed by atoms with Crippen molar-refractivity contribution in [3.63, 3.8) is 0 Å². The number of ether oxygens (including phenoxy) is 1. The highest BCUT2D eigenvalue weighted by Crippen LogP contribution is 2.16. The quantitative estimate of drug-likeness (QED) is 0.208. The molecule has 28 heavy (non-hydrogen) atoms. The molecule has 0 amide bonds. The Morgan fingerprint density at radius 3 is 1.64 bits per heavy atom. The number of methoxy groups -OCH3 is 1. The van der Waals surface area contributed by atoms with Crippen molar-refractivity contribution >= 4 is 38.7 Å². The van der Waals surface area contributed by atoms with E-state index in [1.807, 2.05) is 55.5 Å². The lowest BCUT2D eigenvalue weighted by atomic mass is 10.2. The van der Waals surface area contributed by atoms with Crippen molar-refractivity contribution in [3.05, 3.63) is 83.3 Å². The molecule has 2 aromatic rings. The summed E-state index contributed by atoms with van der Waals surface area (Å²) >= 11 is 10.9. The lowest BCUT2D eigenvalue weighted by molar-refractivity contribution is 0.414. The molecule has 0 unspecified atom stereocenters. The number of hydrogen-bond acceptors (Lipinski definition) is 7. The van der Waals surface area contributed by atoms with Crippen LogP contribution in [0.25, 0.3) is 0 Å². The van der Waals surface area contributed by atoms with Crippen molar-refractivity contribution in [2.24, 2.45) is 0 Å². The van der Waals surface area contributed by atoms with E-state index in [1.165, 1.54) is 5.56 Å². The average molecular weight is 441 g/mol. The van der Waals surface area contributed by atoms with Gasteiger partial charge in [0.05, 0.1) is 7.11 Å². The minimum atomic E-state index is 0.702. The Hall–Kier alpha value is -1.83. The summed E-state index contributed by atoms with van der Waals surface area (Å²) in [6, 6.07) is 15.7. The van der Waals surface area contributed by atoms with Crippen LogP contribution in [0.1, 0.15) is 25.0 Å². The Kier molecular flexibility index (Phi) is 15.1. The molecule has 2 aromatic carbocycles. The molecule has 0 spiro atoms. The maximum atomic E-state index is 4.97. The van der Waals surface area contributed by atoms with Crippen molar-refractivity contribution < 1.29 is 17.3 Å². The third-order valence-corrected chi connectivity index (χ3v) is 4.06. The van der Waals surface area contributed by atoms with Gasteiger partial charge in [-0.05, 0) is 63.6 Å². The van der Waals surface area contributed by atoms with E-state index < -0.39 is 0 Å². The molecule has 0 atom stereocenters. The molecule has 0 heterocycles. The lowest BCUT2D eigenvalue weighted by Gasteiger charge is -1.98. The van der Waals surface area contributed by atoms with Crippen molar-refractivity contribution in [2.75, 3.05) is 7.11 Å². The molecule has 0 aliphatic heterocycles. The van der Waals surface area contributed by atoms with E-state index in [0.717, 1.165) is 17.1 Å². The second kappa shape index (κ2) is 16.2. The molecule has 0 fully saturated rings. The van der Waals surface area contributed by atoms with Gasteiger partial charge in [-0.2, -0.15) is 0 Å². The van der Waals surface area contributed by atoms with Crippen LogP contribution in [0.3, 0.4) is 0 Å². The van der Waals surface area contributed by atoms with Gasteiger partial charge in [0.2, 0.25) is 0 Å². The lowest BCUT2D eigenvalue weighted by Crippen LogP contribution is -1.80. The predicted octanol–water partition coefficient (Wildman–Crippen LogP) is 6.74. The highest BCUT2D eigenvalue weighted by molar-refractivity contribution is 7.75. The van der Waals surface area contributed by atoms with E-state index in [-0.39, 0.29) is 0 Å². The van der Waals surface area contributed by atoms with Gasteiger partial charge in [-0.15, -0.1) is 0 Å². The van der Waals surface area contributed by atoms with Crippen LogP contribution in [0.5, 0.6) is 11.5 Å². The van der Waals surface area contributed by atoms with Gasteiger partial charge in [-0.25, -0.2) is 0 Å². The summed E-state index contributed by atoms with van der Waals surface area (Å²) in [5.74, 6) is 3.14. The van der Waals surface area contributed by atoms with Crippen molar-refractivity contribution in [1.82, 2.24) is 0 Å². The molecule has 7 heteroatoms. The molecule has 0 saturated heterocycles. The van der Waals surface area contributed by atoms with Gasteiger partial charge >= 0.3 is 0 Å². The van der Waals surface area contributed by atoms with Gasteiger partial charge in [-0.3, -0.25) is 0 Å². The topological polar surface area (TPSA) is 36.9 Å². The molecule has 0 aliphatic rings. The molecular weight excluding hydrogens is 412 g/mol. The van der Waals surface area contributed by atoms with E-state index in [9.17, 15) is 0 Å². The van der Waals surface area contributed by atoms with Crippen LogP contribution in [-0.2, 0) is 8.37 Å². The van der Waals surface area contributed by atoms with Crippen LogP contribution in [0, 0.1) is 13.8 Å². The molecule has 0 N–H and O–H groups in total. The number of benzene rings is 2. The molecule has 0 saturated carbocycles. The Labute approximate surface area is 185 Å². The summed E-state index contributed by atoms with van der Waals surface area (Å²) in [4.78, 5) is 0. The number of thiol groups is 3. The normalized spacial score (nSPS) is 10.6. The monoisotopic (exact) mass is 440 g/mol. The van der Waals surface area contributed by atoms with Crippen LogP contribution in [0.4, 0.5) is 0 Å². The second-order valence-electron chi connectivity index (χ2n) is 5.61. The van der Waals surface area contributed by atoms with Crippen LogP contribution in [0.15, 0.2) is 72.2 Å². The van der Waals surface area contributed by atoms with Crippen molar-refractivity contribution in [3.8, 4) is 11.5 Å². The Balaban J connectivity index is 0.000000391.